The minimum Gasteiger partial charge on any atom is -0.343 e. The average Bonchev–Trinajstić information content (AvgIpc) is 2.20. The van der Waals surface area contributed by atoms with E-state index in [2.05, 4.69) is 0 Å². The maximum atomic E-state index is 12.0. The Labute approximate surface area is 91.6 Å². The van der Waals surface area contributed by atoms with E-state index in [0.29, 0.717) is 0 Å². The molecule has 0 aromatic heterocycles. The van der Waals surface area contributed by atoms with Crippen molar-refractivity contribution in [3.63, 3.8) is 0 Å². The van der Waals surface area contributed by atoms with E-state index in [-0.39, 0.29) is 17.2 Å². The summed E-state index contributed by atoms with van der Waals surface area (Å²) in [6, 6.07) is 0. The van der Waals surface area contributed by atoms with E-state index in [1.807, 2.05) is 18.7 Å². The molecular weight excluding hydrogens is 198 g/mol. The van der Waals surface area contributed by atoms with Crippen LogP contribution in [-0.2, 0) is 4.79 Å². The van der Waals surface area contributed by atoms with Gasteiger partial charge in [0, 0.05) is 18.5 Å². The third-order valence-electron chi connectivity index (χ3n) is 3.07. The van der Waals surface area contributed by atoms with Gasteiger partial charge in [-0.15, -0.1) is 11.6 Å². The van der Waals surface area contributed by atoms with Crippen molar-refractivity contribution in [1.82, 2.24) is 4.90 Å². The van der Waals surface area contributed by atoms with Gasteiger partial charge in [0.05, 0.1) is 5.92 Å². The van der Waals surface area contributed by atoms with Gasteiger partial charge in [-0.3, -0.25) is 4.79 Å². The van der Waals surface area contributed by atoms with Gasteiger partial charge in [-0.2, -0.15) is 0 Å². The van der Waals surface area contributed by atoms with Crippen molar-refractivity contribution in [2.24, 2.45) is 5.92 Å². The average molecular weight is 218 g/mol. The minimum absolute atomic E-state index is 0.0665. The molecule has 0 heterocycles. The van der Waals surface area contributed by atoms with Gasteiger partial charge in [-0.25, -0.2) is 0 Å². The molecule has 2 unspecified atom stereocenters. The predicted molar refractivity (Wildman–Crippen MR) is 59.5 cm³/mol. The molecule has 0 radical (unpaired) electrons. The highest BCUT2D eigenvalue weighted by molar-refractivity contribution is 6.22. The maximum absolute atomic E-state index is 12.0. The number of hydrogen-bond donors (Lipinski definition) is 0. The van der Waals surface area contributed by atoms with Gasteiger partial charge in [0.25, 0.3) is 0 Å². The van der Waals surface area contributed by atoms with Crippen molar-refractivity contribution >= 4 is 17.5 Å². The van der Waals surface area contributed by atoms with E-state index < -0.39 is 0 Å². The van der Waals surface area contributed by atoms with E-state index in [9.17, 15) is 4.79 Å². The van der Waals surface area contributed by atoms with Crippen LogP contribution < -0.4 is 0 Å². The molecule has 2 nitrogen and oxygen atoms in total. The van der Waals surface area contributed by atoms with E-state index in [0.717, 1.165) is 32.4 Å². The van der Waals surface area contributed by atoms with Crippen LogP contribution in [0.3, 0.4) is 0 Å². The van der Waals surface area contributed by atoms with Gasteiger partial charge in [-0.1, -0.05) is 12.8 Å². The SMILES string of the molecule is CCN(CC)C(=O)C1CCCCC1Cl. The highest BCUT2D eigenvalue weighted by Crippen LogP contribution is 2.29. The van der Waals surface area contributed by atoms with Crippen molar-refractivity contribution in [1.29, 1.82) is 0 Å². The second-order valence-corrected chi connectivity index (χ2v) is 4.48. The molecular formula is C11H20ClNO. The molecule has 3 heteroatoms. The zero-order valence-electron chi connectivity index (χ0n) is 9.13. The molecule has 1 rings (SSSR count). The second kappa shape index (κ2) is 5.59. The number of amides is 1. The predicted octanol–water partition coefficient (Wildman–Crippen LogP) is 2.65. The van der Waals surface area contributed by atoms with Crippen LogP contribution in [0.25, 0.3) is 0 Å². The quantitative estimate of drug-likeness (QED) is 0.666. The fourth-order valence-corrected chi connectivity index (χ4v) is 2.52. The molecule has 0 bridgehead atoms. The third kappa shape index (κ3) is 2.63. The lowest BCUT2D eigenvalue weighted by molar-refractivity contribution is -0.135. The number of rotatable bonds is 3. The van der Waals surface area contributed by atoms with Crippen LogP contribution >= 0.6 is 11.6 Å². The smallest absolute Gasteiger partial charge is 0.227 e. The number of alkyl halides is 1. The van der Waals surface area contributed by atoms with Crippen LogP contribution in [0.5, 0.6) is 0 Å². The van der Waals surface area contributed by atoms with Gasteiger partial charge in [0.1, 0.15) is 0 Å². The van der Waals surface area contributed by atoms with Crippen molar-refractivity contribution < 1.29 is 4.79 Å². The van der Waals surface area contributed by atoms with E-state index in [4.69, 9.17) is 11.6 Å². The van der Waals surface area contributed by atoms with Crippen molar-refractivity contribution in [3.05, 3.63) is 0 Å². The lowest BCUT2D eigenvalue weighted by atomic mass is 9.87. The normalized spacial score (nSPS) is 27.4. The van der Waals surface area contributed by atoms with Gasteiger partial charge < -0.3 is 4.90 Å². The fraction of sp³-hybridized carbons (Fsp3) is 0.909. The maximum Gasteiger partial charge on any atom is 0.227 e. The number of hydrogen-bond acceptors (Lipinski definition) is 1. The Kier molecular flexibility index (Phi) is 4.73. The monoisotopic (exact) mass is 217 g/mol. The standard InChI is InChI=1S/C11H20ClNO/c1-3-13(4-2)11(14)9-7-5-6-8-10(9)12/h9-10H,3-8H2,1-2H3. The molecule has 1 amide bonds. The molecule has 1 fully saturated rings. The molecule has 0 spiro atoms. The van der Waals surface area contributed by atoms with Gasteiger partial charge in [0.2, 0.25) is 5.91 Å². The summed E-state index contributed by atoms with van der Waals surface area (Å²) >= 11 is 6.19. The lowest BCUT2D eigenvalue weighted by Crippen LogP contribution is -2.40. The molecule has 0 aliphatic heterocycles. The van der Waals surface area contributed by atoms with Crippen molar-refractivity contribution in [3.8, 4) is 0 Å². The van der Waals surface area contributed by atoms with Gasteiger partial charge in [0.15, 0.2) is 0 Å². The Morgan fingerprint density at radius 3 is 2.36 bits per heavy atom. The summed E-state index contributed by atoms with van der Waals surface area (Å²) in [4.78, 5) is 13.9. The molecule has 1 aliphatic carbocycles. The third-order valence-corrected chi connectivity index (χ3v) is 3.60. The number of nitrogens with zero attached hydrogens (tertiary/aromatic N) is 1. The van der Waals surface area contributed by atoms with Crippen LogP contribution in [0.1, 0.15) is 39.5 Å². The summed E-state index contributed by atoms with van der Waals surface area (Å²) in [6.45, 7) is 5.64. The molecule has 0 aromatic carbocycles. The topological polar surface area (TPSA) is 20.3 Å². The highest BCUT2D eigenvalue weighted by Gasteiger charge is 2.31. The zero-order valence-corrected chi connectivity index (χ0v) is 9.89. The number of carbonyl (C=O) groups is 1. The molecule has 2 atom stereocenters. The van der Waals surface area contributed by atoms with Crippen LogP contribution in [0, 0.1) is 5.92 Å². The van der Waals surface area contributed by atoms with Crippen LogP contribution in [-0.4, -0.2) is 29.3 Å². The van der Waals surface area contributed by atoms with Gasteiger partial charge >= 0.3 is 0 Å². The summed E-state index contributed by atoms with van der Waals surface area (Å²) in [7, 11) is 0. The summed E-state index contributed by atoms with van der Waals surface area (Å²) in [5.74, 6) is 0.333. The molecule has 82 valence electrons. The summed E-state index contributed by atoms with van der Waals surface area (Å²) in [6.07, 6.45) is 4.31. The van der Waals surface area contributed by atoms with Crippen LogP contribution in [0.4, 0.5) is 0 Å². The fourth-order valence-electron chi connectivity index (χ4n) is 2.13. The summed E-state index contributed by atoms with van der Waals surface area (Å²) in [5.41, 5.74) is 0. The largest absolute Gasteiger partial charge is 0.343 e. The van der Waals surface area contributed by atoms with Crippen molar-refractivity contribution in [2.75, 3.05) is 13.1 Å². The Morgan fingerprint density at radius 2 is 1.86 bits per heavy atom. The van der Waals surface area contributed by atoms with Crippen LogP contribution in [0.2, 0.25) is 0 Å². The number of halogens is 1. The molecule has 0 saturated heterocycles. The molecule has 0 aromatic rings. The lowest BCUT2D eigenvalue weighted by Gasteiger charge is -2.30. The van der Waals surface area contributed by atoms with E-state index in [1.165, 1.54) is 6.42 Å². The summed E-state index contributed by atoms with van der Waals surface area (Å²) < 4.78 is 0. The van der Waals surface area contributed by atoms with E-state index in [1.54, 1.807) is 0 Å². The number of carbonyl (C=O) groups excluding carboxylic acids is 1. The first kappa shape index (κ1) is 11.8. The minimum atomic E-state index is 0.0665. The van der Waals surface area contributed by atoms with Gasteiger partial charge in [-0.05, 0) is 26.7 Å². The Morgan fingerprint density at radius 1 is 1.29 bits per heavy atom. The summed E-state index contributed by atoms with van der Waals surface area (Å²) in [5, 5.41) is 0.0665. The molecule has 1 saturated carbocycles. The molecule has 0 N–H and O–H groups in total. The first-order valence-corrected chi connectivity index (χ1v) is 6.07. The zero-order chi connectivity index (χ0) is 10.6. The van der Waals surface area contributed by atoms with Crippen LogP contribution in [0.15, 0.2) is 0 Å². The molecule has 14 heavy (non-hydrogen) atoms. The second-order valence-electron chi connectivity index (χ2n) is 3.92. The first-order valence-electron chi connectivity index (χ1n) is 5.63. The highest BCUT2D eigenvalue weighted by atomic mass is 35.5. The van der Waals surface area contributed by atoms with E-state index >= 15 is 0 Å². The molecule has 1 aliphatic rings. The Balaban J connectivity index is 2.57. The van der Waals surface area contributed by atoms with Crippen molar-refractivity contribution in [2.45, 2.75) is 44.9 Å². The first-order chi connectivity index (χ1) is 6.70. The Bertz CT molecular complexity index is 192. The Hall–Kier alpha value is -0.240.